The van der Waals surface area contributed by atoms with Crippen molar-refractivity contribution in [2.75, 3.05) is 24.6 Å². The zero-order chi connectivity index (χ0) is 33.3. The number of nitrogens with two attached hydrogens (primary N) is 1. The standard InChI is InChI=1S/C25H26N6O11S3/c1-24(2,21(38)39)42-30-14(11-8-43-23(26)28-11)17(35)29-15-19(37)31-9-25(22(40)41,45-20(15)31)44-6-5-27-18(36)16(34)10-3-4-12(32)13(33)7-10/h3-4,7-8,15,20,32-33H,5-6,9H2,1-2H3,(H2,26,28)(H,27,36)(H,29,35)(H,38,39)(H,40,41)/b30-14-/t15?,20-,25-/m1/s1. The maximum atomic E-state index is 13.2. The van der Waals surface area contributed by atoms with Gasteiger partial charge in [0.15, 0.2) is 26.4 Å². The van der Waals surface area contributed by atoms with E-state index in [1.165, 1.54) is 24.1 Å². The number of aromatic nitrogens is 1. The molecule has 0 spiro atoms. The van der Waals surface area contributed by atoms with Gasteiger partial charge < -0.3 is 46.5 Å². The lowest BCUT2D eigenvalue weighted by Gasteiger charge is -2.41. The Hall–Kier alpha value is -4.56. The van der Waals surface area contributed by atoms with Crippen LogP contribution in [0.4, 0.5) is 5.13 Å². The van der Waals surface area contributed by atoms with E-state index in [1.807, 2.05) is 0 Å². The van der Waals surface area contributed by atoms with E-state index in [1.54, 1.807) is 0 Å². The summed E-state index contributed by atoms with van der Waals surface area (Å²) in [5.74, 6) is -7.12. The first-order chi connectivity index (χ1) is 21.1. The van der Waals surface area contributed by atoms with Crippen LogP contribution in [0.15, 0.2) is 28.7 Å². The van der Waals surface area contributed by atoms with Crippen LogP contribution in [0.1, 0.15) is 29.9 Å². The van der Waals surface area contributed by atoms with E-state index in [9.17, 15) is 49.2 Å². The van der Waals surface area contributed by atoms with E-state index >= 15 is 0 Å². The van der Waals surface area contributed by atoms with Crippen LogP contribution >= 0.6 is 34.9 Å². The number of thioether (sulfide) groups is 2. The number of carbonyl (C=O) groups excluding carboxylic acids is 4. The third kappa shape index (κ3) is 6.91. The average molecular weight is 683 g/mol. The molecule has 4 rings (SSSR count). The number of aliphatic carboxylic acids is 2. The number of Topliss-reactive ketones (excluding diaryl/α,β-unsaturated/α-hetero) is 1. The Morgan fingerprint density at radius 1 is 1.20 bits per heavy atom. The van der Waals surface area contributed by atoms with E-state index in [0.717, 1.165) is 53.1 Å². The first-order valence-electron chi connectivity index (χ1n) is 12.8. The van der Waals surface area contributed by atoms with Gasteiger partial charge in [-0.25, -0.2) is 14.6 Å². The van der Waals surface area contributed by atoms with Gasteiger partial charge in [0.05, 0.1) is 6.54 Å². The van der Waals surface area contributed by atoms with Crippen molar-refractivity contribution in [2.45, 2.75) is 34.9 Å². The number of carboxylic acids is 2. The number of nitrogens with zero attached hydrogens (tertiary/aromatic N) is 3. The number of amides is 3. The molecule has 45 heavy (non-hydrogen) atoms. The molecule has 1 unspecified atom stereocenters. The van der Waals surface area contributed by atoms with Gasteiger partial charge in [-0.15, -0.1) is 34.9 Å². The van der Waals surface area contributed by atoms with Gasteiger partial charge in [0.25, 0.3) is 11.8 Å². The molecule has 2 saturated heterocycles. The molecule has 2 fully saturated rings. The Bertz CT molecular complexity index is 1610. The summed E-state index contributed by atoms with van der Waals surface area (Å²) in [5, 5.41) is 47.5. The summed E-state index contributed by atoms with van der Waals surface area (Å²) in [7, 11) is 0. The molecular weight excluding hydrogens is 657 g/mol. The van der Waals surface area contributed by atoms with Gasteiger partial charge in [0.2, 0.25) is 17.3 Å². The van der Waals surface area contributed by atoms with Crippen LogP contribution in [0.25, 0.3) is 0 Å². The fraction of sp³-hybridized carbons (Fsp3) is 0.360. The number of aromatic hydroxyl groups is 2. The second-order valence-electron chi connectivity index (χ2n) is 10.0. The van der Waals surface area contributed by atoms with Crippen LogP contribution in [0.5, 0.6) is 11.5 Å². The largest absolute Gasteiger partial charge is 0.504 e. The molecule has 20 heteroatoms. The normalized spacial score (nSPS) is 21.0. The zero-order valence-electron chi connectivity index (χ0n) is 23.4. The maximum Gasteiger partial charge on any atom is 0.350 e. The summed E-state index contributed by atoms with van der Waals surface area (Å²) in [6.45, 7) is 2.09. The van der Waals surface area contributed by atoms with Gasteiger partial charge in [-0.05, 0) is 32.0 Å². The second-order valence-corrected chi connectivity index (χ2v) is 14.0. The molecule has 2 aliphatic heterocycles. The number of ketones is 1. The molecule has 3 atom stereocenters. The summed E-state index contributed by atoms with van der Waals surface area (Å²) in [4.78, 5) is 84.7. The van der Waals surface area contributed by atoms with Gasteiger partial charge in [-0.3, -0.25) is 19.2 Å². The fourth-order valence-corrected chi connectivity index (χ4v) is 7.52. The maximum absolute atomic E-state index is 13.2. The highest BCUT2D eigenvalue weighted by molar-refractivity contribution is 8.20. The van der Waals surface area contributed by atoms with E-state index in [0.29, 0.717) is 0 Å². The van der Waals surface area contributed by atoms with Gasteiger partial charge in [0, 0.05) is 23.2 Å². The Morgan fingerprint density at radius 3 is 2.51 bits per heavy atom. The number of β-lactam (4-membered cyclic amide) rings is 1. The topological polar surface area (TPSA) is 271 Å². The third-order valence-electron chi connectivity index (χ3n) is 6.47. The van der Waals surface area contributed by atoms with Crippen molar-refractivity contribution in [3.63, 3.8) is 0 Å². The molecule has 17 nitrogen and oxygen atoms in total. The van der Waals surface area contributed by atoms with Crippen LogP contribution in [-0.2, 0) is 28.8 Å². The molecule has 0 radical (unpaired) electrons. The molecule has 1 aromatic carbocycles. The number of hydrogen-bond donors (Lipinski definition) is 7. The van der Waals surface area contributed by atoms with Crippen molar-refractivity contribution in [3.8, 4) is 11.5 Å². The van der Waals surface area contributed by atoms with Gasteiger partial charge in [-0.1, -0.05) is 5.16 Å². The van der Waals surface area contributed by atoms with E-state index in [2.05, 4.69) is 20.8 Å². The number of rotatable bonds is 13. The van der Waals surface area contributed by atoms with Crippen molar-refractivity contribution in [1.29, 1.82) is 0 Å². The number of hydrogen-bond acceptors (Lipinski definition) is 15. The summed E-state index contributed by atoms with van der Waals surface area (Å²) in [6.07, 6.45) is 0. The number of carbonyl (C=O) groups is 6. The SMILES string of the molecule is CC(C)(O/N=C(\C(=O)NC1C(=O)N2C[C@](SCCNC(=O)C(=O)c3ccc(O)c(O)c3)(C(=O)O)S[C@H]12)c1csc(N)n1)C(=O)O. The highest BCUT2D eigenvalue weighted by Gasteiger charge is 2.62. The quantitative estimate of drug-likeness (QED) is 0.0270. The summed E-state index contributed by atoms with van der Waals surface area (Å²) < 4.78 is -1.56. The summed E-state index contributed by atoms with van der Waals surface area (Å²) in [5.41, 5.74) is 3.21. The predicted molar refractivity (Wildman–Crippen MR) is 161 cm³/mol. The van der Waals surface area contributed by atoms with Crippen molar-refractivity contribution >= 4 is 81.1 Å². The number of thiazole rings is 1. The molecule has 1 aromatic heterocycles. The number of phenols is 2. The third-order valence-corrected chi connectivity index (χ3v) is 10.4. The van der Waals surface area contributed by atoms with Crippen LogP contribution in [0, 0.1) is 0 Å². The lowest BCUT2D eigenvalue weighted by atomic mass is 10.1. The summed E-state index contributed by atoms with van der Waals surface area (Å²) in [6, 6.07) is 1.98. The number of carboxylic acid groups (broad SMARTS) is 2. The molecule has 0 bridgehead atoms. The molecule has 2 aliphatic rings. The number of nitrogen functional groups attached to an aromatic ring is 1. The highest BCUT2D eigenvalue weighted by Crippen LogP contribution is 2.52. The Balaban J connectivity index is 1.38. The first-order valence-corrected chi connectivity index (χ1v) is 15.5. The Kier molecular flexibility index (Phi) is 9.49. The van der Waals surface area contributed by atoms with Crippen molar-refractivity contribution in [1.82, 2.24) is 20.5 Å². The summed E-state index contributed by atoms with van der Waals surface area (Å²) >= 11 is 2.81. The number of nitrogens with one attached hydrogen (secondary N) is 2. The lowest BCUT2D eigenvalue weighted by molar-refractivity contribution is -0.161. The number of anilines is 1. The predicted octanol–water partition coefficient (Wildman–Crippen LogP) is -0.366. The van der Waals surface area contributed by atoms with E-state index in [-0.39, 0.29) is 35.2 Å². The number of fused-ring (bicyclic) bond motifs is 1. The lowest BCUT2D eigenvalue weighted by Crippen LogP contribution is -2.68. The molecule has 0 saturated carbocycles. The second kappa shape index (κ2) is 12.8. The smallest absolute Gasteiger partial charge is 0.350 e. The van der Waals surface area contributed by atoms with Crippen LogP contribution < -0.4 is 16.4 Å². The van der Waals surface area contributed by atoms with Crippen molar-refractivity contribution in [3.05, 3.63) is 34.8 Å². The minimum absolute atomic E-state index is 0.0305. The van der Waals surface area contributed by atoms with E-state index < -0.39 is 73.7 Å². The minimum atomic E-state index is -1.81. The van der Waals surface area contributed by atoms with Crippen LogP contribution in [0.3, 0.4) is 0 Å². The molecule has 0 aliphatic carbocycles. The average Bonchev–Trinajstić information content (AvgIpc) is 3.57. The van der Waals surface area contributed by atoms with Gasteiger partial charge >= 0.3 is 11.9 Å². The van der Waals surface area contributed by atoms with Crippen LogP contribution in [-0.4, -0.2) is 111 Å². The molecule has 3 heterocycles. The molecular formula is C25H26N6O11S3. The van der Waals surface area contributed by atoms with Gasteiger partial charge in [0.1, 0.15) is 17.1 Å². The molecule has 240 valence electrons. The Labute approximate surface area is 266 Å². The molecule has 2 aromatic rings. The monoisotopic (exact) mass is 682 g/mol. The molecule has 3 amide bonds. The van der Waals surface area contributed by atoms with E-state index in [4.69, 9.17) is 10.6 Å². The first kappa shape index (κ1) is 33.3. The number of oxime groups is 1. The number of phenolic OH excluding ortho intramolecular Hbond substituents is 2. The highest BCUT2D eigenvalue weighted by atomic mass is 32.2. The zero-order valence-corrected chi connectivity index (χ0v) is 25.8. The van der Waals surface area contributed by atoms with Crippen LogP contribution in [0.2, 0.25) is 0 Å². The fourth-order valence-electron chi connectivity index (χ4n) is 3.94. The van der Waals surface area contributed by atoms with Gasteiger partial charge in [-0.2, -0.15) is 0 Å². The van der Waals surface area contributed by atoms with Crippen molar-refractivity contribution in [2.24, 2.45) is 5.16 Å². The minimum Gasteiger partial charge on any atom is -0.504 e. The molecule has 8 N–H and O–H groups in total. The van der Waals surface area contributed by atoms with Crippen molar-refractivity contribution < 1.29 is 54.0 Å². The number of benzene rings is 1. The Morgan fingerprint density at radius 2 is 1.91 bits per heavy atom.